The third kappa shape index (κ3) is 13.6. The van der Waals surface area contributed by atoms with Gasteiger partial charge in [-0.15, -0.1) is 0 Å². The Morgan fingerprint density at radius 3 is 1.53 bits per heavy atom. The number of carbonyl (C=O) groups is 2. The first-order valence-corrected chi connectivity index (χ1v) is 20.5. The Labute approximate surface area is 353 Å². The Hall–Kier alpha value is -5.36. The molecule has 0 N–H and O–H groups in total. The summed E-state index contributed by atoms with van der Waals surface area (Å²) in [6.45, 7) is 2.05. The van der Waals surface area contributed by atoms with Crippen LogP contribution >= 0.6 is 0 Å². The lowest BCUT2D eigenvalue weighted by atomic mass is 9.77. The van der Waals surface area contributed by atoms with E-state index in [4.69, 9.17) is 37.9 Å². The van der Waals surface area contributed by atoms with Crippen LogP contribution in [0.15, 0.2) is 157 Å². The van der Waals surface area contributed by atoms with Crippen LogP contribution in [-0.4, -0.2) is 69.9 Å². The Morgan fingerprint density at radius 1 is 0.583 bits per heavy atom. The molecule has 4 aromatic carbocycles. The zero-order valence-electron chi connectivity index (χ0n) is 34.4. The van der Waals surface area contributed by atoms with Gasteiger partial charge in [0.25, 0.3) is 0 Å². The van der Waals surface area contributed by atoms with Crippen LogP contribution in [0.2, 0.25) is 0 Å². The molecule has 0 aromatic heterocycles. The highest BCUT2D eigenvalue weighted by molar-refractivity contribution is 5.82. The zero-order chi connectivity index (χ0) is 41.8. The normalized spacial score (nSPS) is 22.9. The van der Waals surface area contributed by atoms with Crippen molar-refractivity contribution in [3.05, 3.63) is 180 Å². The predicted molar refractivity (Wildman–Crippen MR) is 227 cm³/mol. The molecule has 7 atom stereocenters. The van der Waals surface area contributed by atoms with E-state index in [0.29, 0.717) is 45.7 Å². The van der Waals surface area contributed by atoms with E-state index >= 15 is 0 Å². The van der Waals surface area contributed by atoms with Crippen molar-refractivity contribution in [3.63, 3.8) is 0 Å². The molecule has 0 unspecified atom stereocenters. The molecular formula is C50H56O10. The lowest BCUT2D eigenvalue weighted by Gasteiger charge is -2.46. The smallest absolute Gasteiger partial charge is 0.330 e. The molecule has 0 bridgehead atoms. The molecule has 10 nitrogen and oxygen atoms in total. The highest BCUT2D eigenvalue weighted by Gasteiger charge is 2.46. The van der Waals surface area contributed by atoms with Crippen LogP contribution in [0, 0.1) is 11.8 Å². The predicted octanol–water partition coefficient (Wildman–Crippen LogP) is 8.50. The maximum Gasteiger partial charge on any atom is 0.330 e. The molecule has 10 heteroatoms. The van der Waals surface area contributed by atoms with E-state index in [2.05, 4.69) is 0 Å². The van der Waals surface area contributed by atoms with E-state index in [1.165, 1.54) is 26.4 Å². The first-order chi connectivity index (χ1) is 29.5. The van der Waals surface area contributed by atoms with Crippen molar-refractivity contribution in [2.75, 3.05) is 27.4 Å². The van der Waals surface area contributed by atoms with Gasteiger partial charge in [0.2, 0.25) is 0 Å². The minimum Gasteiger partial charge on any atom is -0.493 e. The highest BCUT2D eigenvalue weighted by Crippen LogP contribution is 2.41. The zero-order valence-corrected chi connectivity index (χ0v) is 34.4. The van der Waals surface area contributed by atoms with Gasteiger partial charge in [-0.05, 0) is 53.0 Å². The average molecular weight is 817 g/mol. The van der Waals surface area contributed by atoms with Crippen LogP contribution in [0.5, 0.6) is 0 Å². The van der Waals surface area contributed by atoms with Crippen LogP contribution in [0.1, 0.15) is 41.5 Å². The molecule has 316 valence electrons. The number of rotatable bonds is 21. The summed E-state index contributed by atoms with van der Waals surface area (Å²) in [6.07, 6.45) is 7.60. The fourth-order valence-electron chi connectivity index (χ4n) is 7.65. The SMILES string of the molecule is COC(=O)/C=C/C[C@H]1C[C@H](C2=CO[C@H](COCc3ccccc3)[C@@H](OCc3ccccc3)[C@H]2C/C=C/C(=O)OC)O[C@H](COCc2ccccc2)[C@H]1OCc1ccccc1. The molecule has 2 aliphatic heterocycles. The number of allylic oxidation sites excluding steroid dienone is 2. The molecule has 0 amide bonds. The van der Waals surface area contributed by atoms with Crippen molar-refractivity contribution in [3.8, 4) is 0 Å². The van der Waals surface area contributed by atoms with Gasteiger partial charge in [0.05, 0.1) is 72.3 Å². The molecule has 0 spiro atoms. The number of benzene rings is 4. The molecule has 0 saturated carbocycles. The van der Waals surface area contributed by atoms with Gasteiger partial charge in [0.15, 0.2) is 0 Å². The van der Waals surface area contributed by atoms with Gasteiger partial charge in [-0.25, -0.2) is 9.59 Å². The molecule has 1 fully saturated rings. The quantitative estimate of drug-likeness (QED) is 0.0600. The molecule has 0 radical (unpaired) electrons. The van der Waals surface area contributed by atoms with E-state index < -0.39 is 36.4 Å². The molecule has 6 rings (SSSR count). The standard InChI is InChI=1S/C50H56O10/c1-53-47(51)27-15-25-41-29-44(60-46(36-56-31-38-19-9-4-10-20-38)49(41)58-32-39-21-11-5-12-22-39)43-34-57-45(35-55-30-37-17-7-3-8-18-37)50(42(43)26-16-28-48(52)54-2)59-33-40-23-13-6-14-24-40/h3-24,27-28,34,41-42,44-46,49-50H,25-26,29-33,35-36H2,1-2H3/b27-15+,28-16+/t41-,42-,44+,45+,46+,49-,50-/m0/s1. The lowest BCUT2D eigenvalue weighted by molar-refractivity contribution is -0.187. The van der Waals surface area contributed by atoms with E-state index in [0.717, 1.165) is 27.8 Å². The van der Waals surface area contributed by atoms with Gasteiger partial charge in [0, 0.05) is 18.1 Å². The van der Waals surface area contributed by atoms with Crippen LogP contribution in [0.3, 0.4) is 0 Å². The van der Waals surface area contributed by atoms with Gasteiger partial charge in [-0.2, -0.15) is 0 Å². The summed E-state index contributed by atoms with van der Waals surface area (Å²) in [5, 5.41) is 0. The Kier molecular flexibility index (Phi) is 17.7. The second-order valence-electron chi connectivity index (χ2n) is 14.9. The van der Waals surface area contributed by atoms with Gasteiger partial charge < -0.3 is 37.9 Å². The Morgan fingerprint density at radius 2 is 1.03 bits per heavy atom. The minimum atomic E-state index is -0.490. The van der Waals surface area contributed by atoms with Crippen LogP contribution in [0.25, 0.3) is 0 Å². The van der Waals surface area contributed by atoms with E-state index in [9.17, 15) is 9.59 Å². The monoisotopic (exact) mass is 816 g/mol. The number of hydrogen-bond donors (Lipinski definition) is 0. The second kappa shape index (κ2) is 24.0. The van der Waals surface area contributed by atoms with Crippen LogP contribution < -0.4 is 0 Å². The van der Waals surface area contributed by atoms with Crippen LogP contribution in [0.4, 0.5) is 0 Å². The van der Waals surface area contributed by atoms with Crippen molar-refractivity contribution in [2.24, 2.45) is 11.8 Å². The van der Waals surface area contributed by atoms with Crippen molar-refractivity contribution in [1.82, 2.24) is 0 Å². The topological polar surface area (TPSA) is 108 Å². The molecule has 2 heterocycles. The Balaban J connectivity index is 1.32. The summed E-state index contributed by atoms with van der Waals surface area (Å²) >= 11 is 0. The minimum absolute atomic E-state index is 0.0959. The second-order valence-corrected chi connectivity index (χ2v) is 14.9. The van der Waals surface area contributed by atoms with E-state index in [1.54, 1.807) is 6.26 Å². The van der Waals surface area contributed by atoms with Gasteiger partial charge in [0.1, 0.15) is 18.3 Å². The van der Waals surface area contributed by atoms with E-state index in [1.807, 2.05) is 133 Å². The maximum absolute atomic E-state index is 12.3. The summed E-state index contributed by atoms with van der Waals surface area (Å²) in [6, 6.07) is 40.0. The lowest BCUT2D eigenvalue weighted by Crippen LogP contribution is -2.52. The summed E-state index contributed by atoms with van der Waals surface area (Å²) in [4.78, 5) is 24.6. The van der Waals surface area contributed by atoms with Crippen LogP contribution in [-0.2, 0) is 73.9 Å². The number of ether oxygens (including phenoxy) is 8. The van der Waals surface area contributed by atoms with Crippen molar-refractivity contribution >= 4 is 11.9 Å². The number of carbonyl (C=O) groups excluding carboxylic acids is 2. The Bertz CT molecular complexity index is 1950. The van der Waals surface area contributed by atoms with Crippen molar-refractivity contribution < 1.29 is 47.5 Å². The number of methoxy groups -OCH3 is 2. The molecule has 60 heavy (non-hydrogen) atoms. The first kappa shape index (κ1) is 44.2. The largest absolute Gasteiger partial charge is 0.493 e. The first-order valence-electron chi connectivity index (χ1n) is 20.5. The summed E-state index contributed by atoms with van der Waals surface area (Å²) in [7, 11) is 2.73. The van der Waals surface area contributed by atoms with Crippen molar-refractivity contribution in [2.45, 2.75) is 76.2 Å². The van der Waals surface area contributed by atoms with Gasteiger partial charge in [-0.1, -0.05) is 133 Å². The van der Waals surface area contributed by atoms with Crippen molar-refractivity contribution in [1.29, 1.82) is 0 Å². The maximum atomic E-state index is 12.3. The molecule has 0 aliphatic carbocycles. The number of esters is 2. The van der Waals surface area contributed by atoms with Gasteiger partial charge >= 0.3 is 11.9 Å². The third-order valence-corrected chi connectivity index (χ3v) is 10.7. The van der Waals surface area contributed by atoms with E-state index in [-0.39, 0.29) is 31.2 Å². The molecule has 1 saturated heterocycles. The molecular weight excluding hydrogens is 761 g/mol. The highest BCUT2D eigenvalue weighted by atomic mass is 16.6. The summed E-state index contributed by atoms with van der Waals surface area (Å²) < 4.78 is 49.7. The fraction of sp³-hybridized carbons (Fsp3) is 0.360. The summed E-state index contributed by atoms with van der Waals surface area (Å²) in [5.74, 6) is -1.25. The molecule has 2 aliphatic rings. The third-order valence-electron chi connectivity index (χ3n) is 10.7. The summed E-state index contributed by atoms with van der Waals surface area (Å²) in [5.41, 5.74) is 5.03. The number of hydrogen-bond acceptors (Lipinski definition) is 10. The molecule has 4 aromatic rings. The average Bonchev–Trinajstić information content (AvgIpc) is 3.29. The fourth-order valence-corrected chi connectivity index (χ4v) is 7.65. The van der Waals surface area contributed by atoms with Gasteiger partial charge in [-0.3, -0.25) is 0 Å².